The van der Waals surface area contributed by atoms with Crippen molar-refractivity contribution in [3.63, 3.8) is 0 Å². The second-order valence-electron chi connectivity index (χ2n) is 4.04. The third kappa shape index (κ3) is 4.16. The van der Waals surface area contributed by atoms with Gasteiger partial charge in [0.1, 0.15) is 0 Å². The molecule has 0 amide bonds. The average Bonchev–Trinajstić information content (AvgIpc) is 2.56. The second-order valence-corrected chi connectivity index (χ2v) is 4.45. The Balaban J connectivity index is 2.60. The monoisotopic (exact) mass is 258 g/mol. The third-order valence-electron chi connectivity index (χ3n) is 2.02. The highest BCUT2D eigenvalue weighted by Gasteiger charge is 2.18. The third-order valence-corrected chi connectivity index (χ3v) is 2.28. The van der Waals surface area contributed by atoms with Crippen molar-refractivity contribution in [2.45, 2.75) is 26.4 Å². The summed E-state index contributed by atoms with van der Waals surface area (Å²) in [4.78, 5) is 9.94. The van der Waals surface area contributed by atoms with E-state index in [1.807, 2.05) is 13.8 Å². The van der Waals surface area contributed by atoms with Gasteiger partial charge in [-0.1, -0.05) is 32.0 Å². The summed E-state index contributed by atoms with van der Waals surface area (Å²) in [5, 5.41) is 17.6. The largest absolute Gasteiger partial charge is 0.408 e. The highest BCUT2D eigenvalue weighted by molar-refractivity contribution is 6.32. The van der Waals surface area contributed by atoms with Gasteiger partial charge in [-0.3, -0.25) is 0 Å². The quantitative estimate of drug-likeness (QED) is 0.481. The fraction of sp³-hybridized carbons (Fsp3) is 0.500. The number of hydrogen-bond donors (Lipinski definition) is 1. The molecule has 0 spiro atoms. The van der Waals surface area contributed by atoms with Gasteiger partial charge < -0.3 is 15.4 Å². The van der Waals surface area contributed by atoms with E-state index in [9.17, 15) is 10.1 Å². The van der Waals surface area contributed by atoms with Gasteiger partial charge in [-0.15, -0.1) is 0 Å². The lowest BCUT2D eigenvalue weighted by Crippen LogP contribution is -2.26. The molecule has 0 bridgehead atoms. The normalized spacial score (nSPS) is 10.8. The summed E-state index contributed by atoms with van der Waals surface area (Å²) < 4.78 is 1.42. The van der Waals surface area contributed by atoms with Crippen molar-refractivity contribution in [1.29, 1.82) is 0 Å². The predicted octanol–water partition coefficient (Wildman–Crippen LogP) is 2.00. The molecule has 0 saturated heterocycles. The molecular weight excluding hydrogens is 244 g/mol. The van der Waals surface area contributed by atoms with Gasteiger partial charge in [-0.25, -0.2) is 0 Å². The minimum Gasteiger partial charge on any atom is -0.358 e. The van der Waals surface area contributed by atoms with E-state index >= 15 is 0 Å². The minimum absolute atomic E-state index is 0.0413. The van der Waals surface area contributed by atoms with Crippen LogP contribution in [0.1, 0.15) is 13.8 Å². The molecule has 0 aliphatic heterocycles. The van der Waals surface area contributed by atoms with Crippen molar-refractivity contribution in [1.82, 2.24) is 15.1 Å². The number of halogens is 1. The molecule has 1 heterocycles. The first-order chi connectivity index (χ1) is 7.90. The van der Waals surface area contributed by atoms with Crippen LogP contribution >= 0.6 is 11.6 Å². The van der Waals surface area contributed by atoms with Crippen LogP contribution in [0.3, 0.4) is 0 Å². The van der Waals surface area contributed by atoms with Gasteiger partial charge in [0.15, 0.2) is 5.02 Å². The lowest BCUT2D eigenvalue weighted by molar-refractivity contribution is -0.389. The van der Waals surface area contributed by atoms with E-state index in [4.69, 9.17) is 11.6 Å². The van der Waals surface area contributed by atoms with Gasteiger partial charge in [0.25, 0.3) is 0 Å². The zero-order valence-corrected chi connectivity index (χ0v) is 10.6. The molecule has 7 heteroatoms. The fourth-order valence-corrected chi connectivity index (χ4v) is 1.44. The number of hydrogen-bond acceptors (Lipinski definition) is 4. The number of aromatic nitrogens is 2. The van der Waals surface area contributed by atoms with E-state index in [1.54, 1.807) is 0 Å². The topological polar surface area (TPSA) is 73.0 Å². The van der Waals surface area contributed by atoms with Crippen molar-refractivity contribution in [3.05, 3.63) is 33.5 Å². The Morgan fingerprint density at radius 3 is 2.88 bits per heavy atom. The van der Waals surface area contributed by atoms with Crippen LogP contribution in [0, 0.1) is 10.1 Å². The van der Waals surface area contributed by atoms with Crippen molar-refractivity contribution < 1.29 is 4.92 Å². The highest BCUT2D eigenvalue weighted by atomic mass is 35.5. The molecule has 94 valence electrons. The van der Waals surface area contributed by atoms with E-state index in [1.165, 1.54) is 10.9 Å². The van der Waals surface area contributed by atoms with Crippen molar-refractivity contribution in [2.75, 3.05) is 6.54 Å². The van der Waals surface area contributed by atoms with Crippen LogP contribution in [0.15, 0.2) is 18.3 Å². The Hall–Kier alpha value is -1.40. The van der Waals surface area contributed by atoms with E-state index in [0.29, 0.717) is 19.1 Å². The molecule has 0 aliphatic rings. The summed E-state index contributed by atoms with van der Waals surface area (Å²) in [7, 11) is 0. The van der Waals surface area contributed by atoms with E-state index in [0.717, 1.165) is 5.57 Å². The molecule has 1 aromatic rings. The summed E-state index contributed by atoms with van der Waals surface area (Å²) in [5.41, 5.74) is 0.882. The maximum absolute atomic E-state index is 10.5. The number of nitrogens with zero attached hydrogens (tertiary/aromatic N) is 3. The maximum atomic E-state index is 10.5. The molecule has 0 atom stereocenters. The zero-order valence-electron chi connectivity index (χ0n) is 9.81. The lowest BCUT2D eigenvalue weighted by Gasteiger charge is -2.08. The van der Waals surface area contributed by atoms with Gasteiger partial charge in [0.2, 0.25) is 0 Å². The van der Waals surface area contributed by atoms with Crippen LogP contribution in [0.5, 0.6) is 0 Å². The standard InChI is InChI=1S/C10H15ClN4O2/c1-7(2)12-4-8(3)5-14-6-9(11)10(13-14)15(16)17/h6-7,12H,3-5H2,1-2H3. The van der Waals surface area contributed by atoms with Crippen molar-refractivity contribution >= 4 is 17.4 Å². The molecule has 1 rings (SSSR count). The lowest BCUT2D eigenvalue weighted by atomic mass is 10.3. The summed E-state index contributed by atoms with van der Waals surface area (Å²) in [5.74, 6) is -0.323. The molecule has 0 saturated carbocycles. The first-order valence-corrected chi connectivity index (χ1v) is 5.55. The van der Waals surface area contributed by atoms with Gasteiger partial charge >= 0.3 is 5.82 Å². The van der Waals surface area contributed by atoms with Gasteiger partial charge in [-0.05, 0) is 10.5 Å². The van der Waals surface area contributed by atoms with Crippen LogP contribution < -0.4 is 5.32 Å². The molecule has 6 nitrogen and oxygen atoms in total. The molecule has 0 fully saturated rings. The first kappa shape index (κ1) is 13.7. The van der Waals surface area contributed by atoms with E-state index in [2.05, 4.69) is 17.0 Å². The Morgan fingerprint density at radius 1 is 1.76 bits per heavy atom. The Bertz CT molecular complexity index is 428. The van der Waals surface area contributed by atoms with Crippen LogP contribution in [-0.4, -0.2) is 27.3 Å². The molecule has 0 aliphatic carbocycles. The van der Waals surface area contributed by atoms with Crippen LogP contribution in [0.25, 0.3) is 0 Å². The minimum atomic E-state index is -0.603. The molecule has 0 unspecified atom stereocenters. The Kier molecular flexibility index (Phi) is 4.65. The zero-order chi connectivity index (χ0) is 13.0. The summed E-state index contributed by atoms with van der Waals surface area (Å²) in [6.45, 7) is 8.98. The number of nitrogens with one attached hydrogen (secondary N) is 1. The SMILES string of the molecule is C=C(CNC(C)C)Cn1cc(Cl)c([N+](=O)[O-])n1. The van der Waals surface area contributed by atoms with Gasteiger partial charge in [-0.2, -0.15) is 4.68 Å². The Labute approximate surface area is 104 Å². The average molecular weight is 259 g/mol. The molecular formula is C10H15ClN4O2. The van der Waals surface area contributed by atoms with E-state index < -0.39 is 4.92 Å². The maximum Gasteiger partial charge on any atom is 0.408 e. The number of rotatable bonds is 6. The van der Waals surface area contributed by atoms with Crippen LogP contribution in [-0.2, 0) is 6.54 Å². The van der Waals surface area contributed by atoms with E-state index in [-0.39, 0.29) is 10.8 Å². The molecule has 0 aromatic carbocycles. The van der Waals surface area contributed by atoms with Gasteiger partial charge in [0.05, 0.1) is 17.8 Å². The van der Waals surface area contributed by atoms with Gasteiger partial charge in [0, 0.05) is 12.6 Å². The summed E-state index contributed by atoms with van der Waals surface area (Å²) in [6.07, 6.45) is 1.43. The van der Waals surface area contributed by atoms with Crippen molar-refractivity contribution in [3.8, 4) is 0 Å². The fourth-order valence-electron chi connectivity index (χ4n) is 1.23. The molecule has 1 aromatic heterocycles. The highest BCUT2D eigenvalue weighted by Crippen LogP contribution is 2.21. The molecule has 1 N–H and O–H groups in total. The molecule has 0 radical (unpaired) electrons. The predicted molar refractivity (Wildman–Crippen MR) is 66.2 cm³/mol. The van der Waals surface area contributed by atoms with Crippen LogP contribution in [0.2, 0.25) is 5.02 Å². The first-order valence-electron chi connectivity index (χ1n) is 5.17. The summed E-state index contributed by atoms with van der Waals surface area (Å²) in [6, 6.07) is 0.363. The molecule has 17 heavy (non-hydrogen) atoms. The van der Waals surface area contributed by atoms with Crippen LogP contribution in [0.4, 0.5) is 5.82 Å². The smallest absolute Gasteiger partial charge is 0.358 e. The number of nitro groups is 1. The summed E-state index contributed by atoms with van der Waals surface area (Å²) >= 11 is 5.68. The second kappa shape index (κ2) is 5.79. The van der Waals surface area contributed by atoms with Crippen molar-refractivity contribution in [2.24, 2.45) is 0 Å². The Morgan fingerprint density at radius 2 is 2.41 bits per heavy atom.